The summed E-state index contributed by atoms with van der Waals surface area (Å²) in [6.07, 6.45) is 0.803. The molecule has 1 N–H and O–H groups in total. The van der Waals surface area contributed by atoms with Gasteiger partial charge < -0.3 is 5.32 Å². The monoisotopic (exact) mass is 423 g/mol. The van der Waals surface area contributed by atoms with Crippen LogP contribution in [0, 0.1) is 11.6 Å². The Labute approximate surface area is 169 Å². The second-order valence-corrected chi connectivity index (χ2v) is 8.75. The molecule has 1 aliphatic heterocycles. The van der Waals surface area contributed by atoms with Gasteiger partial charge in [0.15, 0.2) is 11.6 Å². The highest BCUT2D eigenvalue weighted by Gasteiger charge is 2.29. The van der Waals surface area contributed by atoms with Gasteiger partial charge in [-0.1, -0.05) is 25.1 Å². The molecule has 0 spiro atoms. The maximum absolute atomic E-state index is 13.4. The summed E-state index contributed by atoms with van der Waals surface area (Å²) in [4.78, 5) is 13.9. The first-order chi connectivity index (χ1) is 13.8. The average molecular weight is 423 g/mol. The number of rotatable bonds is 6. The van der Waals surface area contributed by atoms with Gasteiger partial charge in [-0.2, -0.15) is 4.31 Å². The van der Waals surface area contributed by atoms with E-state index in [0.29, 0.717) is 19.2 Å². The fraction of sp³-hybridized carbons (Fsp3) is 0.350. The molecule has 0 saturated carbocycles. The molecule has 0 unspecified atom stereocenters. The van der Waals surface area contributed by atoms with Crippen molar-refractivity contribution < 1.29 is 22.0 Å². The number of nitrogens with zero attached hydrogens (tertiary/aromatic N) is 2. The number of nitrogens with one attached hydrogen (secondary N) is 1. The largest absolute Gasteiger partial charge is 0.325 e. The highest BCUT2D eigenvalue weighted by molar-refractivity contribution is 7.89. The number of anilines is 1. The van der Waals surface area contributed by atoms with Crippen LogP contribution in [0.4, 0.5) is 14.5 Å². The number of benzene rings is 2. The molecule has 156 valence electrons. The predicted octanol–water partition coefficient (Wildman–Crippen LogP) is 2.47. The molecule has 0 bridgehead atoms. The minimum Gasteiger partial charge on any atom is -0.325 e. The third-order valence-electron chi connectivity index (χ3n) is 4.90. The Morgan fingerprint density at radius 1 is 1.03 bits per heavy atom. The number of hydrogen-bond donors (Lipinski definition) is 1. The van der Waals surface area contributed by atoms with Crippen molar-refractivity contribution in [3.8, 4) is 0 Å². The molecule has 6 nitrogen and oxygen atoms in total. The molecule has 1 amide bonds. The molecular formula is C20H23F2N3O3S. The first kappa shape index (κ1) is 21.4. The molecule has 0 radical (unpaired) electrons. The summed E-state index contributed by atoms with van der Waals surface area (Å²) in [6, 6.07) is 10.1. The smallest absolute Gasteiger partial charge is 0.243 e. The summed E-state index contributed by atoms with van der Waals surface area (Å²) in [7, 11) is -3.91. The normalized spacial score (nSPS) is 16.0. The van der Waals surface area contributed by atoms with E-state index >= 15 is 0 Å². The summed E-state index contributed by atoms with van der Waals surface area (Å²) < 4.78 is 53.0. The van der Waals surface area contributed by atoms with E-state index in [4.69, 9.17) is 0 Å². The third kappa shape index (κ3) is 4.98. The molecule has 0 aromatic heterocycles. The number of aryl methyl sites for hydroxylation is 1. The van der Waals surface area contributed by atoms with Crippen LogP contribution >= 0.6 is 0 Å². The van der Waals surface area contributed by atoms with E-state index in [9.17, 15) is 22.0 Å². The molecule has 2 aromatic carbocycles. The van der Waals surface area contributed by atoms with Gasteiger partial charge in [0, 0.05) is 31.9 Å². The van der Waals surface area contributed by atoms with Gasteiger partial charge in [-0.05, 0) is 36.2 Å². The molecule has 3 rings (SSSR count). The Balaban J connectivity index is 1.57. The maximum atomic E-state index is 13.4. The first-order valence-corrected chi connectivity index (χ1v) is 10.8. The highest BCUT2D eigenvalue weighted by Crippen LogP contribution is 2.20. The Hall–Kier alpha value is -2.36. The van der Waals surface area contributed by atoms with Crippen LogP contribution in [0.5, 0.6) is 0 Å². The summed E-state index contributed by atoms with van der Waals surface area (Å²) in [6.45, 7) is 3.23. The van der Waals surface area contributed by atoms with Crippen molar-refractivity contribution in [3.05, 3.63) is 59.7 Å². The van der Waals surface area contributed by atoms with Crippen LogP contribution in [-0.4, -0.2) is 56.3 Å². The Bertz CT molecular complexity index is 990. The van der Waals surface area contributed by atoms with Crippen molar-refractivity contribution in [1.82, 2.24) is 9.21 Å². The topological polar surface area (TPSA) is 69.7 Å². The highest BCUT2D eigenvalue weighted by atomic mass is 32.2. The number of sulfonamides is 1. The zero-order valence-corrected chi connectivity index (χ0v) is 16.9. The van der Waals surface area contributed by atoms with E-state index in [0.717, 1.165) is 29.8 Å². The molecular weight excluding hydrogens is 400 g/mol. The molecule has 1 saturated heterocycles. The van der Waals surface area contributed by atoms with Crippen LogP contribution < -0.4 is 5.32 Å². The Morgan fingerprint density at radius 3 is 2.38 bits per heavy atom. The van der Waals surface area contributed by atoms with Gasteiger partial charge in [0.2, 0.25) is 15.9 Å². The van der Waals surface area contributed by atoms with E-state index in [1.807, 2.05) is 36.1 Å². The molecule has 29 heavy (non-hydrogen) atoms. The van der Waals surface area contributed by atoms with Gasteiger partial charge >= 0.3 is 0 Å². The molecule has 1 aliphatic rings. The van der Waals surface area contributed by atoms with Gasteiger partial charge in [0.05, 0.1) is 11.4 Å². The quantitative estimate of drug-likeness (QED) is 0.775. The Kier molecular flexibility index (Phi) is 6.61. The maximum Gasteiger partial charge on any atom is 0.243 e. The molecule has 9 heteroatoms. The lowest BCUT2D eigenvalue weighted by atomic mass is 10.1. The van der Waals surface area contributed by atoms with Gasteiger partial charge in [-0.15, -0.1) is 0 Å². The van der Waals surface area contributed by atoms with Gasteiger partial charge in [-0.25, -0.2) is 17.2 Å². The van der Waals surface area contributed by atoms with Crippen molar-refractivity contribution >= 4 is 21.6 Å². The van der Waals surface area contributed by atoms with Crippen LogP contribution in [0.2, 0.25) is 0 Å². The molecule has 0 atom stereocenters. The lowest BCUT2D eigenvalue weighted by Crippen LogP contribution is -2.50. The fourth-order valence-corrected chi connectivity index (χ4v) is 4.69. The van der Waals surface area contributed by atoms with Crippen molar-refractivity contribution in [2.75, 3.05) is 38.0 Å². The van der Waals surface area contributed by atoms with Gasteiger partial charge in [-0.3, -0.25) is 9.69 Å². The first-order valence-electron chi connectivity index (χ1n) is 9.36. The number of para-hydroxylation sites is 1. The SMILES string of the molecule is CCc1ccccc1NC(=O)CN1CCN(S(=O)(=O)c2ccc(F)c(F)c2)CC1. The van der Waals surface area contributed by atoms with E-state index < -0.39 is 21.7 Å². The van der Waals surface area contributed by atoms with Crippen LogP contribution in [0.3, 0.4) is 0 Å². The second kappa shape index (κ2) is 8.98. The van der Waals surface area contributed by atoms with Crippen LogP contribution in [0.15, 0.2) is 47.4 Å². The van der Waals surface area contributed by atoms with E-state index in [1.165, 1.54) is 4.31 Å². The van der Waals surface area contributed by atoms with Crippen LogP contribution in [0.25, 0.3) is 0 Å². The fourth-order valence-electron chi connectivity index (χ4n) is 3.26. The standard InChI is InChI=1S/C20H23F2N3O3S/c1-2-15-5-3-4-6-19(15)23-20(26)14-24-9-11-25(12-10-24)29(27,28)16-7-8-17(21)18(22)13-16/h3-8,13H,2,9-12,14H2,1H3,(H,23,26). The number of halogens is 2. The van der Waals surface area contributed by atoms with E-state index in [1.54, 1.807) is 0 Å². The zero-order valence-electron chi connectivity index (χ0n) is 16.1. The van der Waals surface area contributed by atoms with Gasteiger partial charge in [0.25, 0.3) is 0 Å². The number of amides is 1. The van der Waals surface area contributed by atoms with E-state index in [2.05, 4.69) is 5.32 Å². The summed E-state index contributed by atoms with van der Waals surface area (Å²) >= 11 is 0. The lowest BCUT2D eigenvalue weighted by molar-refractivity contribution is -0.117. The van der Waals surface area contributed by atoms with Crippen molar-refractivity contribution in [1.29, 1.82) is 0 Å². The van der Waals surface area contributed by atoms with Gasteiger partial charge in [0.1, 0.15) is 0 Å². The summed E-state index contributed by atoms with van der Waals surface area (Å²) in [5.41, 5.74) is 1.82. The zero-order chi connectivity index (χ0) is 21.0. The molecule has 1 fully saturated rings. The second-order valence-electron chi connectivity index (χ2n) is 6.82. The summed E-state index contributed by atoms with van der Waals surface area (Å²) in [5.74, 6) is -2.46. The van der Waals surface area contributed by atoms with Crippen molar-refractivity contribution in [3.63, 3.8) is 0 Å². The van der Waals surface area contributed by atoms with E-state index in [-0.39, 0.29) is 30.4 Å². The molecule has 2 aromatic rings. The summed E-state index contributed by atoms with van der Waals surface area (Å²) in [5, 5.41) is 2.90. The van der Waals surface area contributed by atoms with Crippen molar-refractivity contribution in [2.24, 2.45) is 0 Å². The van der Waals surface area contributed by atoms with Crippen molar-refractivity contribution in [2.45, 2.75) is 18.2 Å². The minimum absolute atomic E-state index is 0.150. The Morgan fingerprint density at radius 2 is 1.72 bits per heavy atom. The molecule has 1 heterocycles. The third-order valence-corrected chi connectivity index (χ3v) is 6.79. The number of carbonyl (C=O) groups excluding carboxylic acids is 1. The number of piperazine rings is 1. The minimum atomic E-state index is -3.91. The predicted molar refractivity (Wildman–Crippen MR) is 106 cm³/mol. The van der Waals surface area contributed by atoms with Crippen LogP contribution in [-0.2, 0) is 21.2 Å². The number of carbonyl (C=O) groups is 1. The molecule has 0 aliphatic carbocycles. The lowest BCUT2D eigenvalue weighted by Gasteiger charge is -2.33. The van der Waals surface area contributed by atoms with Crippen LogP contribution in [0.1, 0.15) is 12.5 Å². The average Bonchev–Trinajstić information content (AvgIpc) is 2.70. The number of hydrogen-bond acceptors (Lipinski definition) is 4.